The Morgan fingerprint density at radius 2 is 2.26 bits per heavy atom. The van der Waals surface area contributed by atoms with E-state index in [1.165, 1.54) is 4.88 Å². The average molecular weight is 342 g/mol. The zero-order valence-electron chi connectivity index (χ0n) is 10.6. The Labute approximate surface area is 125 Å². The summed E-state index contributed by atoms with van der Waals surface area (Å²) in [6.45, 7) is 4.18. The van der Waals surface area contributed by atoms with Crippen molar-refractivity contribution in [3.63, 3.8) is 0 Å². The number of thiophene rings is 1. The number of hydrogen-bond donors (Lipinski definition) is 2. The van der Waals surface area contributed by atoms with Crippen LogP contribution in [0.5, 0.6) is 0 Å². The summed E-state index contributed by atoms with van der Waals surface area (Å²) in [6.07, 6.45) is 1.66. The quantitative estimate of drug-likeness (QED) is 0.647. The van der Waals surface area contributed by atoms with Gasteiger partial charge in [0.1, 0.15) is 12.3 Å². The van der Waals surface area contributed by atoms with E-state index in [4.69, 9.17) is 4.42 Å². The molecule has 2 aromatic rings. The lowest BCUT2D eigenvalue weighted by Gasteiger charge is -2.09. The summed E-state index contributed by atoms with van der Waals surface area (Å²) in [6, 6.07) is 7.93. The number of halogens is 1. The molecule has 0 aliphatic heterocycles. The third kappa shape index (κ3) is 4.72. The van der Waals surface area contributed by atoms with Gasteiger partial charge in [-0.3, -0.25) is 0 Å². The van der Waals surface area contributed by atoms with Gasteiger partial charge in [0, 0.05) is 11.4 Å². The highest BCUT2D eigenvalue weighted by Gasteiger charge is 2.01. The number of rotatable bonds is 5. The molecule has 2 rings (SSSR count). The van der Waals surface area contributed by atoms with Crippen LogP contribution in [0.3, 0.4) is 0 Å². The predicted octanol–water partition coefficient (Wildman–Crippen LogP) is 3.36. The molecule has 0 aliphatic carbocycles. The predicted molar refractivity (Wildman–Crippen MR) is 82.4 cm³/mol. The number of furan rings is 1. The molecular formula is C13H16BrN3OS. The Bertz CT molecular complexity index is 522. The van der Waals surface area contributed by atoms with Crippen molar-refractivity contribution in [2.75, 3.05) is 6.54 Å². The fourth-order valence-corrected chi connectivity index (χ4v) is 2.94. The largest absolute Gasteiger partial charge is 0.467 e. The molecule has 0 saturated heterocycles. The molecule has 0 aliphatic rings. The Hall–Kier alpha value is -1.27. The van der Waals surface area contributed by atoms with Crippen LogP contribution < -0.4 is 10.6 Å². The first-order chi connectivity index (χ1) is 9.28. The zero-order chi connectivity index (χ0) is 13.5. The summed E-state index contributed by atoms with van der Waals surface area (Å²) in [7, 11) is 0. The van der Waals surface area contributed by atoms with Crippen LogP contribution >= 0.6 is 27.3 Å². The van der Waals surface area contributed by atoms with Gasteiger partial charge in [-0.25, -0.2) is 4.99 Å². The molecule has 0 amide bonds. The van der Waals surface area contributed by atoms with E-state index in [-0.39, 0.29) is 0 Å². The standard InChI is InChI=1S/C13H16BrN3OS/c1-2-15-13(16-8-10-4-3-7-18-10)17-9-11-5-6-12(14)19-11/h3-7H,2,8-9H2,1H3,(H2,15,16,17). The SMILES string of the molecule is CCNC(=NCc1ccco1)NCc1ccc(Br)s1. The van der Waals surface area contributed by atoms with Gasteiger partial charge in [-0.2, -0.15) is 0 Å². The highest BCUT2D eigenvalue weighted by molar-refractivity contribution is 9.11. The van der Waals surface area contributed by atoms with E-state index in [1.807, 2.05) is 19.1 Å². The number of nitrogens with one attached hydrogen (secondary N) is 2. The van der Waals surface area contributed by atoms with Crippen molar-refractivity contribution < 1.29 is 4.42 Å². The van der Waals surface area contributed by atoms with Crippen LogP contribution in [0.2, 0.25) is 0 Å². The van der Waals surface area contributed by atoms with Gasteiger partial charge in [-0.1, -0.05) is 0 Å². The van der Waals surface area contributed by atoms with Gasteiger partial charge >= 0.3 is 0 Å². The van der Waals surface area contributed by atoms with Crippen LogP contribution in [-0.2, 0) is 13.1 Å². The fraction of sp³-hybridized carbons (Fsp3) is 0.308. The second-order valence-corrected chi connectivity index (χ2v) is 6.38. The first kappa shape index (κ1) is 14.1. The van der Waals surface area contributed by atoms with Crippen molar-refractivity contribution in [1.29, 1.82) is 0 Å². The number of hydrogen-bond acceptors (Lipinski definition) is 3. The monoisotopic (exact) mass is 341 g/mol. The van der Waals surface area contributed by atoms with Crippen LogP contribution in [0.1, 0.15) is 17.6 Å². The highest BCUT2D eigenvalue weighted by atomic mass is 79.9. The average Bonchev–Trinajstić information content (AvgIpc) is 3.04. The maximum absolute atomic E-state index is 5.26. The van der Waals surface area contributed by atoms with Crippen molar-refractivity contribution in [2.24, 2.45) is 4.99 Å². The Balaban J connectivity index is 1.89. The summed E-state index contributed by atoms with van der Waals surface area (Å²) < 4.78 is 6.40. The second kappa shape index (κ2) is 7.35. The number of nitrogens with zero attached hydrogens (tertiary/aromatic N) is 1. The molecule has 0 unspecified atom stereocenters. The van der Waals surface area contributed by atoms with Crippen LogP contribution in [0.15, 0.2) is 43.7 Å². The minimum absolute atomic E-state index is 0.538. The van der Waals surface area contributed by atoms with E-state index >= 15 is 0 Å². The molecule has 2 N–H and O–H groups in total. The minimum atomic E-state index is 0.538. The summed E-state index contributed by atoms with van der Waals surface area (Å²) in [5.41, 5.74) is 0. The lowest BCUT2D eigenvalue weighted by Crippen LogP contribution is -2.36. The van der Waals surface area contributed by atoms with E-state index in [2.05, 4.69) is 43.7 Å². The summed E-state index contributed by atoms with van der Waals surface area (Å²) in [5, 5.41) is 6.51. The van der Waals surface area contributed by atoms with E-state index in [9.17, 15) is 0 Å². The normalized spacial score (nSPS) is 11.6. The lowest BCUT2D eigenvalue weighted by molar-refractivity contribution is 0.512. The number of guanidine groups is 1. The summed E-state index contributed by atoms with van der Waals surface area (Å²) in [4.78, 5) is 5.73. The van der Waals surface area contributed by atoms with Crippen LogP contribution in [0.25, 0.3) is 0 Å². The van der Waals surface area contributed by atoms with Gasteiger partial charge in [0.2, 0.25) is 0 Å². The molecule has 6 heteroatoms. The molecule has 0 bridgehead atoms. The third-order valence-electron chi connectivity index (χ3n) is 2.38. The molecule has 19 heavy (non-hydrogen) atoms. The molecule has 102 valence electrons. The summed E-state index contributed by atoms with van der Waals surface area (Å²) >= 11 is 5.18. The molecule has 0 spiro atoms. The van der Waals surface area contributed by atoms with Crippen LogP contribution in [-0.4, -0.2) is 12.5 Å². The van der Waals surface area contributed by atoms with Crippen LogP contribution in [0.4, 0.5) is 0 Å². The fourth-order valence-electron chi connectivity index (χ4n) is 1.52. The maximum Gasteiger partial charge on any atom is 0.191 e. The molecule has 2 aromatic heterocycles. The highest BCUT2D eigenvalue weighted by Crippen LogP contribution is 2.21. The topological polar surface area (TPSA) is 49.6 Å². The molecule has 0 aromatic carbocycles. The molecule has 0 fully saturated rings. The van der Waals surface area contributed by atoms with E-state index in [0.29, 0.717) is 6.54 Å². The molecular weight excluding hydrogens is 326 g/mol. The van der Waals surface area contributed by atoms with Crippen molar-refractivity contribution in [2.45, 2.75) is 20.0 Å². The minimum Gasteiger partial charge on any atom is -0.467 e. The molecule has 4 nitrogen and oxygen atoms in total. The first-order valence-electron chi connectivity index (χ1n) is 6.06. The van der Waals surface area contributed by atoms with E-state index in [1.54, 1.807) is 17.6 Å². The van der Waals surface area contributed by atoms with Crippen molar-refractivity contribution in [3.8, 4) is 0 Å². The van der Waals surface area contributed by atoms with Gasteiger partial charge in [0.15, 0.2) is 5.96 Å². The van der Waals surface area contributed by atoms with Gasteiger partial charge in [0.25, 0.3) is 0 Å². The molecule has 0 radical (unpaired) electrons. The zero-order valence-corrected chi connectivity index (χ0v) is 13.1. The third-order valence-corrected chi connectivity index (χ3v) is 4.00. The molecule has 0 saturated carbocycles. The Morgan fingerprint density at radius 3 is 2.89 bits per heavy atom. The van der Waals surface area contributed by atoms with E-state index < -0.39 is 0 Å². The molecule has 0 atom stereocenters. The first-order valence-corrected chi connectivity index (χ1v) is 7.67. The summed E-state index contributed by atoms with van der Waals surface area (Å²) in [5.74, 6) is 1.65. The van der Waals surface area contributed by atoms with Gasteiger partial charge < -0.3 is 15.1 Å². The molecule has 2 heterocycles. The van der Waals surface area contributed by atoms with Gasteiger partial charge in [-0.15, -0.1) is 11.3 Å². The Kier molecular flexibility index (Phi) is 5.47. The Morgan fingerprint density at radius 1 is 1.37 bits per heavy atom. The van der Waals surface area contributed by atoms with Crippen molar-refractivity contribution in [3.05, 3.63) is 45.0 Å². The van der Waals surface area contributed by atoms with Gasteiger partial charge in [-0.05, 0) is 47.1 Å². The van der Waals surface area contributed by atoms with Crippen LogP contribution in [0, 0.1) is 0 Å². The van der Waals surface area contributed by atoms with Crippen molar-refractivity contribution in [1.82, 2.24) is 10.6 Å². The maximum atomic E-state index is 5.26. The van der Waals surface area contributed by atoms with Crippen molar-refractivity contribution >= 4 is 33.2 Å². The lowest BCUT2D eigenvalue weighted by atomic mass is 10.4. The second-order valence-electron chi connectivity index (χ2n) is 3.83. The van der Waals surface area contributed by atoms with Gasteiger partial charge in [0.05, 0.1) is 16.6 Å². The smallest absolute Gasteiger partial charge is 0.191 e. The van der Waals surface area contributed by atoms with E-state index in [0.717, 1.165) is 28.6 Å². The number of aliphatic imine (C=N–C) groups is 1.